The zero-order valence-electron chi connectivity index (χ0n) is 11.4. The van der Waals surface area contributed by atoms with Crippen LogP contribution in [0.5, 0.6) is 5.75 Å². The maximum Gasteiger partial charge on any atom is 0.165 e. The summed E-state index contributed by atoms with van der Waals surface area (Å²) in [5.41, 5.74) is 0.907. The molecular formula is C15H20FNO2. The Bertz CT molecular complexity index is 448. The fraction of sp³-hybridized carbons (Fsp3) is 0.467. The summed E-state index contributed by atoms with van der Waals surface area (Å²) >= 11 is 0. The zero-order valence-corrected chi connectivity index (χ0v) is 11.4. The molecular weight excluding hydrogens is 245 g/mol. The van der Waals surface area contributed by atoms with Crippen LogP contribution in [0.1, 0.15) is 31.4 Å². The predicted octanol–water partition coefficient (Wildman–Crippen LogP) is 3.18. The first-order valence-corrected chi connectivity index (χ1v) is 6.58. The van der Waals surface area contributed by atoms with Gasteiger partial charge in [-0.1, -0.05) is 6.07 Å². The van der Waals surface area contributed by atoms with Crippen LogP contribution in [0, 0.1) is 5.82 Å². The lowest BCUT2D eigenvalue weighted by atomic mass is 10.1. The van der Waals surface area contributed by atoms with E-state index in [9.17, 15) is 4.39 Å². The molecule has 3 nitrogen and oxygen atoms in total. The molecule has 19 heavy (non-hydrogen) atoms. The van der Waals surface area contributed by atoms with E-state index in [1.54, 1.807) is 12.3 Å². The maximum absolute atomic E-state index is 13.6. The van der Waals surface area contributed by atoms with Gasteiger partial charge in [-0.15, -0.1) is 0 Å². The van der Waals surface area contributed by atoms with Crippen LogP contribution in [0.3, 0.4) is 0 Å². The van der Waals surface area contributed by atoms with Crippen LogP contribution >= 0.6 is 0 Å². The number of halogens is 1. The number of nitrogens with one attached hydrogen (secondary N) is 1. The standard InChI is InChI=1S/C15H20FNO2/c1-11(17-10-13-5-3-4-8-19-13)12-6-7-15(18-2)14(16)9-12/h4,6-9,11,13,17H,3,5,10H2,1-2H3. The quantitative estimate of drug-likeness (QED) is 0.887. The minimum Gasteiger partial charge on any atom is -0.497 e. The van der Waals surface area contributed by atoms with Crippen molar-refractivity contribution in [3.8, 4) is 5.75 Å². The van der Waals surface area contributed by atoms with Crippen molar-refractivity contribution < 1.29 is 13.9 Å². The molecule has 1 aromatic carbocycles. The zero-order chi connectivity index (χ0) is 13.7. The number of hydrogen-bond donors (Lipinski definition) is 1. The van der Waals surface area contributed by atoms with Crippen molar-refractivity contribution in [3.63, 3.8) is 0 Å². The van der Waals surface area contributed by atoms with E-state index in [-0.39, 0.29) is 23.7 Å². The summed E-state index contributed by atoms with van der Waals surface area (Å²) in [5, 5.41) is 3.37. The van der Waals surface area contributed by atoms with E-state index in [1.807, 2.05) is 19.1 Å². The second-order valence-corrected chi connectivity index (χ2v) is 4.73. The number of rotatable bonds is 5. The average Bonchev–Trinajstić information content (AvgIpc) is 2.45. The van der Waals surface area contributed by atoms with Crippen LogP contribution in [-0.4, -0.2) is 19.8 Å². The fourth-order valence-electron chi connectivity index (χ4n) is 2.11. The van der Waals surface area contributed by atoms with E-state index in [2.05, 4.69) is 5.32 Å². The van der Waals surface area contributed by atoms with Crippen LogP contribution in [0.4, 0.5) is 4.39 Å². The molecule has 2 atom stereocenters. The second kappa shape index (κ2) is 6.57. The van der Waals surface area contributed by atoms with E-state index in [1.165, 1.54) is 13.2 Å². The van der Waals surface area contributed by atoms with Crippen LogP contribution in [0.2, 0.25) is 0 Å². The first-order chi connectivity index (χ1) is 9.20. The smallest absolute Gasteiger partial charge is 0.165 e. The topological polar surface area (TPSA) is 30.5 Å². The van der Waals surface area contributed by atoms with Gasteiger partial charge in [0, 0.05) is 12.6 Å². The first kappa shape index (κ1) is 13.9. The molecule has 1 heterocycles. The molecule has 0 amide bonds. The lowest BCUT2D eigenvalue weighted by Gasteiger charge is -2.22. The molecule has 0 spiro atoms. The minimum absolute atomic E-state index is 0.0786. The molecule has 0 radical (unpaired) electrons. The van der Waals surface area contributed by atoms with Crippen molar-refractivity contribution >= 4 is 0 Å². The number of benzene rings is 1. The van der Waals surface area contributed by atoms with Gasteiger partial charge in [0.1, 0.15) is 6.10 Å². The summed E-state index contributed by atoms with van der Waals surface area (Å²) in [6.45, 7) is 2.78. The highest BCUT2D eigenvalue weighted by Crippen LogP contribution is 2.22. The van der Waals surface area contributed by atoms with Gasteiger partial charge in [0.25, 0.3) is 0 Å². The Kier molecular flexibility index (Phi) is 4.80. The highest BCUT2D eigenvalue weighted by Gasteiger charge is 2.14. The Hall–Kier alpha value is -1.55. The molecule has 0 fully saturated rings. The van der Waals surface area contributed by atoms with Gasteiger partial charge >= 0.3 is 0 Å². The van der Waals surface area contributed by atoms with Crippen LogP contribution in [0.15, 0.2) is 30.5 Å². The molecule has 0 saturated carbocycles. The van der Waals surface area contributed by atoms with E-state index in [4.69, 9.17) is 9.47 Å². The van der Waals surface area contributed by atoms with Gasteiger partial charge in [0.05, 0.1) is 13.4 Å². The average molecular weight is 265 g/mol. The van der Waals surface area contributed by atoms with E-state index >= 15 is 0 Å². The van der Waals surface area contributed by atoms with Gasteiger partial charge in [-0.25, -0.2) is 4.39 Å². The molecule has 1 aromatic rings. The van der Waals surface area contributed by atoms with Crippen molar-refractivity contribution in [3.05, 3.63) is 41.9 Å². The Morgan fingerprint density at radius 3 is 3.00 bits per heavy atom. The Morgan fingerprint density at radius 2 is 2.37 bits per heavy atom. The predicted molar refractivity (Wildman–Crippen MR) is 72.6 cm³/mol. The van der Waals surface area contributed by atoms with Crippen molar-refractivity contribution in [2.24, 2.45) is 0 Å². The highest BCUT2D eigenvalue weighted by atomic mass is 19.1. The van der Waals surface area contributed by atoms with E-state index in [0.717, 1.165) is 24.9 Å². The summed E-state index contributed by atoms with van der Waals surface area (Å²) < 4.78 is 24.0. The van der Waals surface area contributed by atoms with Gasteiger partial charge in [0.15, 0.2) is 11.6 Å². The molecule has 0 bridgehead atoms. The molecule has 1 aliphatic heterocycles. The van der Waals surface area contributed by atoms with Gasteiger partial charge in [0.2, 0.25) is 0 Å². The minimum atomic E-state index is -0.328. The molecule has 1 N–H and O–H groups in total. The monoisotopic (exact) mass is 265 g/mol. The Balaban J connectivity index is 1.90. The molecule has 4 heteroatoms. The van der Waals surface area contributed by atoms with Crippen LogP contribution in [-0.2, 0) is 4.74 Å². The SMILES string of the molecule is COc1ccc(C(C)NCC2CCC=CO2)cc1F. The highest BCUT2D eigenvalue weighted by molar-refractivity contribution is 5.30. The summed E-state index contributed by atoms with van der Waals surface area (Å²) in [7, 11) is 1.47. The second-order valence-electron chi connectivity index (χ2n) is 4.73. The molecule has 2 unspecified atom stereocenters. The third-order valence-electron chi connectivity index (χ3n) is 3.35. The summed E-state index contributed by atoms with van der Waals surface area (Å²) in [6.07, 6.45) is 6.06. The summed E-state index contributed by atoms with van der Waals surface area (Å²) in [6, 6.07) is 5.12. The van der Waals surface area contributed by atoms with Crippen molar-refractivity contribution in [2.45, 2.75) is 31.9 Å². The Morgan fingerprint density at radius 1 is 1.53 bits per heavy atom. The first-order valence-electron chi connectivity index (χ1n) is 6.58. The van der Waals surface area contributed by atoms with E-state index < -0.39 is 0 Å². The lowest BCUT2D eigenvalue weighted by molar-refractivity contribution is 0.120. The maximum atomic E-state index is 13.6. The molecule has 0 aliphatic carbocycles. The molecule has 104 valence electrons. The number of hydrogen-bond acceptors (Lipinski definition) is 3. The van der Waals surface area contributed by atoms with Crippen LogP contribution in [0.25, 0.3) is 0 Å². The summed E-state index contributed by atoms with van der Waals surface area (Å²) in [4.78, 5) is 0. The molecule has 2 rings (SSSR count). The van der Waals surface area contributed by atoms with Gasteiger partial charge in [-0.2, -0.15) is 0 Å². The molecule has 1 aliphatic rings. The third-order valence-corrected chi connectivity index (χ3v) is 3.35. The normalized spacial score (nSPS) is 19.8. The lowest BCUT2D eigenvalue weighted by Crippen LogP contribution is -2.31. The van der Waals surface area contributed by atoms with Crippen LogP contribution < -0.4 is 10.1 Å². The Labute approximate surface area is 113 Å². The van der Waals surface area contributed by atoms with Gasteiger partial charge in [-0.05, 0) is 43.5 Å². The third kappa shape index (κ3) is 3.70. The van der Waals surface area contributed by atoms with Crippen molar-refractivity contribution in [2.75, 3.05) is 13.7 Å². The van der Waals surface area contributed by atoms with Gasteiger partial charge < -0.3 is 14.8 Å². The number of methoxy groups -OCH3 is 1. The largest absolute Gasteiger partial charge is 0.497 e. The van der Waals surface area contributed by atoms with E-state index in [0.29, 0.717) is 0 Å². The number of ether oxygens (including phenoxy) is 2. The van der Waals surface area contributed by atoms with Crippen molar-refractivity contribution in [1.82, 2.24) is 5.32 Å². The van der Waals surface area contributed by atoms with Crippen molar-refractivity contribution in [1.29, 1.82) is 0 Å². The molecule has 0 saturated heterocycles. The summed E-state index contributed by atoms with van der Waals surface area (Å²) in [5.74, 6) is -0.0535. The molecule has 0 aromatic heterocycles. The fourth-order valence-corrected chi connectivity index (χ4v) is 2.11. The number of allylic oxidation sites excluding steroid dienone is 1. The van der Waals surface area contributed by atoms with Gasteiger partial charge in [-0.3, -0.25) is 0 Å².